The summed E-state index contributed by atoms with van der Waals surface area (Å²) in [6, 6.07) is 10.5. The number of rotatable bonds is 5. The number of aromatic nitrogens is 1. The number of aromatic carboxylic acids is 1. The summed E-state index contributed by atoms with van der Waals surface area (Å²) in [5.74, 6) is 0.279. The van der Waals surface area contributed by atoms with Crippen molar-refractivity contribution in [3.05, 3.63) is 58.8 Å². The van der Waals surface area contributed by atoms with Crippen LogP contribution in [0.1, 0.15) is 27.2 Å². The van der Waals surface area contributed by atoms with Crippen LogP contribution < -0.4 is 9.47 Å². The molecule has 2 aromatic carbocycles. The number of hydrogen-bond acceptors (Lipinski definition) is 4. The van der Waals surface area contributed by atoms with E-state index >= 15 is 0 Å². The van der Waals surface area contributed by atoms with Crippen LogP contribution in [0.5, 0.6) is 11.5 Å². The van der Waals surface area contributed by atoms with E-state index in [4.69, 9.17) is 9.47 Å². The number of nitrogens with one attached hydrogen (secondary N) is 1. The number of benzene rings is 2. The molecule has 1 aliphatic heterocycles. The van der Waals surface area contributed by atoms with Crippen molar-refractivity contribution in [3.63, 3.8) is 0 Å². The van der Waals surface area contributed by atoms with E-state index in [0.29, 0.717) is 31.0 Å². The third kappa shape index (κ3) is 3.51. The van der Waals surface area contributed by atoms with Gasteiger partial charge in [0.15, 0.2) is 11.5 Å². The number of hydrogen-bond donors (Lipinski definition) is 2. The monoisotopic (exact) mass is 394 g/mol. The van der Waals surface area contributed by atoms with E-state index < -0.39 is 5.97 Å². The van der Waals surface area contributed by atoms with Gasteiger partial charge < -0.3 is 24.5 Å². The van der Waals surface area contributed by atoms with E-state index in [1.165, 1.54) is 0 Å². The summed E-state index contributed by atoms with van der Waals surface area (Å²) in [7, 11) is 3.14. The van der Waals surface area contributed by atoms with Crippen molar-refractivity contribution in [1.82, 2.24) is 9.88 Å². The van der Waals surface area contributed by atoms with Gasteiger partial charge in [-0.15, -0.1) is 0 Å². The highest BCUT2D eigenvalue weighted by Crippen LogP contribution is 2.30. The number of methoxy groups -OCH3 is 2. The highest BCUT2D eigenvalue weighted by Gasteiger charge is 2.24. The topological polar surface area (TPSA) is 91.9 Å². The molecule has 1 aromatic heterocycles. The van der Waals surface area contributed by atoms with Crippen LogP contribution in [0.3, 0.4) is 0 Å². The molecule has 0 saturated heterocycles. The Balaban J connectivity index is 1.56. The van der Waals surface area contributed by atoms with Crippen molar-refractivity contribution < 1.29 is 24.2 Å². The Kier molecular flexibility index (Phi) is 4.88. The molecule has 0 atom stereocenters. The first-order valence-corrected chi connectivity index (χ1v) is 9.35. The summed E-state index contributed by atoms with van der Waals surface area (Å²) >= 11 is 0. The Morgan fingerprint density at radius 2 is 1.90 bits per heavy atom. The lowest BCUT2D eigenvalue weighted by atomic mass is 10.0. The molecule has 0 bridgehead atoms. The van der Waals surface area contributed by atoms with E-state index in [-0.39, 0.29) is 17.9 Å². The van der Waals surface area contributed by atoms with Crippen molar-refractivity contribution >= 4 is 22.8 Å². The number of carbonyl (C=O) groups excluding carboxylic acids is 1. The van der Waals surface area contributed by atoms with Crippen molar-refractivity contribution in [3.8, 4) is 11.5 Å². The molecule has 1 amide bonds. The number of aromatic amines is 1. The van der Waals surface area contributed by atoms with Gasteiger partial charge in [-0.25, -0.2) is 4.79 Å². The maximum Gasteiger partial charge on any atom is 0.335 e. The molecule has 2 N–H and O–H groups in total. The molecule has 4 rings (SSSR count). The molecule has 7 nitrogen and oxygen atoms in total. The minimum atomic E-state index is -0.959. The van der Waals surface area contributed by atoms with E-state index in [0.717, 1.165) is 27.7 Å². The molecule has 0 unspecified atom stereocenters. The van der Waals surface area contributed by atoms with Gasteiger partial charge >= 0.3 is 5.97 Å². The maximum absolute atomic E-state index is 12.9. The van der Waals surface area contributed by atoms with Crippen LogP contribution >= 0.6 is 0 Å². The zero-order valence-corrected chi connectivity index (χ0v) is 16.3. The molecule has 29 heavy (non-hydrogen) atoms. The predicted molar refractivity (Wildman–Crippen MR) is 108 cm³/mol. The highest BCUT2D eigenvalue weighted by molar-refractivity contribution is 5.95. The summed E-state index contributed by atoms with van der Waals surface area (Å²) in [5, 5.41) is 10.1. The Morgan fingerprint density at radius 3 is 2.62 bits per heavy atom. The van der Waals surface area contributed by atoms with E-state index in [1.54, 1.807) is 38.5 Å². The van der Waals surface area contributed by atoms with Gasteiger partial charge in [0.25, 0.3) is 0 Å². The summed E-state index contributed by atoms with van der Waals surface area (Å²) in [6.07, 6.45) is 0.975. The fourth-order valence-corrected chi connectivity index (χ4v) is 3.84. The molecular weight excluding hydrogens is 372 g/mol. The molecule has 1 aliphatic rings. The summed E-state index contributed by atoms with van der Waals surface area (Å²) in [4.78, 5) is 29.4. The van der Waals surface area contributed by atoms with Gasteiger partial charge in [0.2, 0.25) is 5.91 Å². The van der Waals surface area contributed by atoms with E-state index in [9.17, 15) is 14.7 Å². The number of fused-ring (bicyclic) bond motifs is 3. The molecular formula is C22H22N2O5. The Morgan fingerprint density at radius 1 is 1.10 bits per heavy atom. The zero-order chi connectivity index (χ0) is 20.5. The molecule has 0 fully saturated rings. The van der Waals surface area contributed by atoms with Crippen LogP contribution in [0.4, 0.5) is 0 Å². The zero-order valence-electron chi connectivity index (χ0n) is 16.3. The third-order valence-electron chi connectivity index (χ3n) is 5.38. The average molecular weight is 394 g/mol. The van der Waals surface area contributed by atoms with Crippen molar-refractivity contribution in [1.29, 1.82) is 0 Å². The summed E-state index contributed by atoms with van der Waals surface area (Å²) in [5.41, 5.74) is 4.06. The average Bonchev–Trinajstić information content (AvgIpc) is 3.10. The molecule has 150 valence electrons. The van der Waals surface area contributed by atoms with Gasteiger partial charge in [-0.1, -0.05) is 6.07 Å². The van der Waals surface area contributed by atoms with Crippen LogP contribution in [0.15, 0.2) is 36.4 Å². The van der Waals surface area contributed by atoms with Gasteiger partial charge in [0, 0.05) is 41.7 Å². The maximum atomic E-state index is 12.9. The number of amides is 1. The molecule has 0 aliphatic carbocycles. The lowest BCUT2D eigenvalue weighted by molar-refractivity contribution is -0.131. The first-order chi connectivity index (χ1) is 14.0. The molecule has 2 heterocycles. The molecule has 0 saturated carbocycles. The van der Waals surface area contributed by atoms with Crippen LogP contribution in [0.25, 0.3) is 10.9 Å². The van der Waals surface area contributed by atoms with Gasteiger partial charge in [-0.2, -0.15) is 0 Å². The Hall–Kier alpha value is -3.48. The Bertz CT molecular complexity index is 1100. The number of H-pyrrole nitrogens is 1. The smallest absolute Gasteiger partial charge is 0.335 e. The van der Waals surface area contributed by atoms with Gasteiger partial charge in [-0.3, -0.25) is 4.79 Å². The predicted octanol–water partition coefficient (Wildman–Crippen LogP) is 3.01. The van der Waals surface area contributed by atoms with Gasteiger partial charge in [0.05, 0.1) is 26.2 Å². The lowest BCUT2D eigenvalue weighted by Crippen LogP contribution is -2.36. The first-order valence-electron chi connectivity index (χ1n) is 9.35. The molecule has 0 spiro atoms. The molecule has 7 heteroatoms. The largest absolute Gasteiger partial charge is 0.493 e. The Labute approximate surface area is 167 Å². The van der Waals surface area contributed by atoms with Crippen LogP contribution in [-0.4, -0.2) is 47.6 Å². The second-order valence-corrected chi connectivity index (χ2v) is 7.08. The number of carboxylic acid groups (broad SMARTS) is 1. The minimum absolute atomic E-state index is 0.0200. The summed E-state index contributed by atoms with van der Waals surface area (Å²) in [6.45, 7) is 1.09. The minimum Gasteiger partial charge on any atom is -0.493 e. The second kappa shape index (κ2) is 7.50. The van der Waals surface area contributed by atoms with E-state index in [1.807, 2.05) is 17.0 Å². The van der Waals surface area contributed by atoms with Crippen molar-refractivity contribution in [2.24, 2.45) is 0 Å². The third-order valence-corrected chi connectivity index (χ3v) is 5.38. The van der Waals surface area contributed by atoms with Crippen LogP contribution in [0, 0.1) is 0 Å². The fourth-order valence-electron chi connectivity index (χ4n) is 3.84. The van der Waals surface area contributed by atoms with Crippen LogP contribution in [0.2, 0.25) is 0 Å². The fraction of sp³-hybridized carbons (Fsp3) is 0.273. The number of carboxylic acids is 1. The molecule has 0 radical (unpaired) electrons. The van der Waals surface area contributed by atoms with Crippen molar-refractivity contribution in [2.75, 3.05) is 20.8 Å². The van der Waals surface area contributed by atoms with Crippen LogP contribution in [-0.2, 0) is 24.2 Å². The van der Waals surface area contributed by atoms with Gasteiger partial charge in [0.1, 0.15) is 0 Å². The number of ether oxygens (including phenoxy) is 2. The summed E-state index contributed by atoms with van der Waals surface area (Å²) < 4.78 is 10.6. The normalized spacial score (nSPS) is 13.2. The van der Waals surface area contributed by atoms with Crippen molar-refractivity contribution in [2.45, 2.75) is 19.4 Å². The van der Waals surface area contributed by atoms with E-state index in [2.05, 4.69) is 4.98 Å². The second-order valence-electron chi connectivity index (χ2n) is 7.08. The molecule has 3 aromatic rings. The van der Waals surface area contributed by atoms with Gasteiger partial charge in [-0.05, 0) is 35.9 Å². The SMILES string of the molecule is COc1ccc(CC(=O)N2CCc3[nH]c4ccc(C(=O)O)cc4c3C2)cc1OC. The number of carbonyl (C=O) groups is 2. The standard InChI is InChI=1S/C22H22N2O5/c1-28-19-6-3-13(9-20(19)29-2)10-21(25)24-8-7-18-16(12-24)15-11-14(22(26)27)4-5-17(15)23-18/h3-6,9,11,23H,7-8,10,12H2,1-2H3,(H,26,27). The lowest BCUT2D eigenvalue weighted by Gasteiger charge is -2.27. The quantitative estimate of drug-likeness (QED) is 0.694. The first kappa shape index (κ1) is 18.9. The number of nitrogens with zero attached hydrogens (tertiary/aromatic N) is 1. The highest BCUT2D eigenvalue weighted by atomic mass is 16.5.